The van der Waals surface area contributed by atoms with Crippen LogP contribution >= 0.6 is 0 Å². The van der Waals surface area contributed by atoms with Crippen LogP contribution in [0.2, 0.25) is 0 Å². The van der Waals surface area contributed by atoms with Crippen LogP contribution in [0.1, 0.15) is 38.9 Å². The molecule has 1 N–H and O–H groups in total. The minimum atomic E-state index is -0.185. The Hall–Kier alpha value is -1.12. The number of rotatable bonds is 0. The molecule has 2 nitrogen and oxygen atoms in total. The van der Waals surface area contributed by atoms with Crippen LogP contribution in [-0.4, -0.2) is 9.97 Å². The zero-order chi connectivity index (χ0) is 9.84. The second-order valence-electron chi connectivity index (χ2n) is 2.74. The maximum Gasteiger partial charge on any atom is 0.146 e. The number of imidazole rings is 1. The summed E-state index contributed by atoms with van der Waals surface area (Å²) in [5.41, 5.74) is 1.44. The van der Waals surface area contributed by atoms with Crippen LogP contribution in [0.15, 0.2) is 6.08 Å². The summed E-state index contributed by atoms with van der Waals surface area (Å²) in [6, 6.07) is 0. The third kappa shape index (κ3) is 1.97. The van der Waals surface area contributed by atoms with Crippen LogP contribution in [0.3, 0.4) is 0 Å². The molecule has 0 unspecified atom stereocenters. The fourth-order valence-electron chi connectivity index (χ4n) is 1.36. The van der Waals surface area contributed by atoms with Gasteiger partial charge in [0.2, 0.25) is 0 Å². The molecule has 2 rings (SSSR count). The second-order valence-corrected chi connectivity index (χ2v) is 2.74. The van der Waals surface area contributed by atoms with E-state index < -0.39 is 0 Å². The number of aromatic amines is 1. The average Bonchev–Trinajstić information content (AvgIpc) is 2.51. The topological polar surface area (TPSA) is 28.7 Å². The van der Waals surface area contributed by atoms with Gasteiger partial charge in [-0.3, -0.25) is 0 Å². The molecule has 0 fully saturated rings. The average molecular weight is 184 g/mol. The van der Waals surface area contributed by atoms with Crippen LogP contribution in [-0.2, 0) is 6.42 Å². The van der Waals surface area contributed by atoms with Crippen LogP contribution in [0.25, 0.3) is 5.83 Å². The van der Waals surface area contributed by atoms with Crippen molar-refractivity contribution in [3.05, 3.63) is 23.3 Å². The highest BCUT2D eigenvalue weighted by atomic mass is 19.1. The van der Waals surface area contributed by atoms with E-state index in [0.717, 1.165) is 24.4 Å². The van der Waals surface area contributed by atoms with Crippen molar-refractivity contribution in [1.29, 1.82) is 0 Å². The Morgan fingerprint density at radius 3 is 2.85 bits per heavy atom. The second kappa shape index (κ2) is 4.21. The number of hydrogen-bond acceptors (Lipinski definition) is 1. The summed E-state index contributed by atoms with van der Waals surface area (Å²) >= 11 is 0. The number of H-pyrrole nitrogens is 1. The molecule has 0 amide bonds. The molecular formula is C10H17FN2. The summed E-state index contributed by atoms with van der Waals surface area (Å²) in [5, 5.41) is 0. The Labute approximate surface area is 79.4 Å². The molecule has 3 heteroatoms. The van der Waals surface area contributed by atoms with E-state index in [-0.39, 0.29) is 7.25 Å². The van der Waals surface area contributed by atoms with E-state index in [4.69, 9.17) is 0 Å². The van der Waals surface area contributed by atoms with Crippen LogP contribution < -0.4 is 0 Å². The van der Waals surface area contributed by atoms with Gasteiger partial charge in [-0.15, -0.1) is 0 Å². The molecule has 1 aliphatic carbocycles. The predicted octanol–water partition coefficient (Wildman–Crippen LogP) is 3.25. The molecule has 0 saturated heterocycles. The van der Waals surface area contributed by atoms with Gasteiger partial charge in [0.15, 0.2) is 0 Å². The first-order valence-corrected chi connectivity index (χ1v) is 4.69. The van der Waals surface area contributed by atoms with Crippen molar-refractivity contribution in [1.82, 2.24) is 9.97 Å². The zero-order valence-electron chi connectivity index (χ0n) is 8.32. The fourth-order valence-corrected chi connectivity index (χ4v) is 1.36. The van der Waals surface area contributed by atoms with Gasteiger partial charge in [-0.25, -0.2) is 9.37 Å². The Morgan fingerprint density at radius 2 is 2.23 bits per heavy atom. The Kier molecular flexibility index (Phi) is 3.23. The smallest absolute Gasteiger partial charge is 0.146 e. The van der Waals surface area contributed by atoms with E-state index in [2.05, 4.69) is 9.97 Å². The summed E-state index contributed by atoms with van der Waals surface area (Å²) in [7, 11) is 0. The highest BCUT2D eigenvalue weighted by Crippen LogP contribution is 2.24. The number of halogens is 1. The number of allylic oxidation sites excluding steroid dienone is 1. The molecule has 0 aliphatic heterocycles. The lowest BCUT2D eigenvalue weighted by Gasteiger charge is -2.03. The molecule has 1 heterocycles. The van der Waals surface area contributed by atoms with Crippen molar-refractivity contribution in [3.63, 3.8) is 0 Å². The van der Waals surface area contributed by atoms with Gasteiger partial charge in [0.1, 0.15) is 17.3 Å². The summed E-state index contributed by atoms with van der Waals surface area (Å²) < 4.78 is 13.0. The first kappa shape index (κ1) is 9.96. The van der Waals surface area contributed by atoms with E-state index in [0.29, 0.717) is 5.69 Å². The normalized spacial score (nSPS) is 14.0. The van der Waals surface area contributed by atoms with Gasteiger partial charge < -0.3 is 4.98 Å². The molecule has 0 spiro atoms. The highest BCUT2D eigenvalue weighted by molar-refractivity contribution is 5.59. The van der Waals surface area contributed by atoms with Crippen LogP contribution in [0.5, 0.6) is 0 Å². The van der Waals surface area contributed by atoms with Gasteiger partial charge in [0.05, 0.1) is 0 Å². The maximum absolute atomic E-state index is 13.0. The Bertz CT molecular complexity index is 318. The van der Waals surface area contributed by atoms with Crippen molar-refractivity contribution in [2.75, 3.05) is 0 Å². The predicted molar refractivity (Wildman–Crippen MR) is 54.2 cm³/mol. The van der Waals surface area contributed by atoms with Gasteiger partial charge >= 0.3 is 0 Å². The fraction of sp³-hybridized carbons (Fsp3) is 0.500. The SMILES string of the molecule is CC.Cc1nc2c([nH]1)CCC=C2F.[HH]. The van der Waals surface area contributed by atoms with E-state index >= 15 is 0 Å². The molecule has 1 aromatic heterocycles. The highest BCUT2D eigenvalue weighted by Gasteiger charge is 2.15. The van der Waals surface area contributed by atoms with Crippen molar-refractivity contribution >= 4 is 5.83 Å². The number of fused-ring (bicyclic) bond motifs is 1. The minimum absolute atomic E-state index is 0. The lowest BCUT2D eigenvalue weighted by molar-refractivity contribution is 0.730. The van der Waals surface area contributed by atoms with Crippen molar-refractivity contribution in [2.45, 2.75) is 33.6 Å². The van der Waals surface area contributed by atoms with Crippen molar-refractivity contribution in [2.24, 2.45) is 0 Å². The van der Waals surface area contributed by atoms with Gasteiger partial charge in [-0.05, 0) is 25.8 Å². The van der Waals surface area contributed by atoms with E-state index in [1.165, 1.54) is 0 Å². The molecule has 74 valence electrons. The third-order valence-electron chi connectivity index (χ3n) is 1.84. The van der Waals surface area contributed by atoms with Gasteiger partial charge in [-0.1, -0.05) is 13.8 Å². The molecular weight excluding hydrogens is 167 g/mol. The summed E-state index contributed by atoms with van der Waals surface area (Å²) in [5.74, 6) is 0.607. The first-order chi connectivity index (χ1) is 6.27. The zero-order valence-corrected chi connectivity index (χ0v) is 8.32. The van der Waals surface area contributed by atoms with Crippen molar-refractivity contribution in [3.8, 4) is 0 Å². The quantitative estimate of drug-likeness (QED) is 0.658. The molecule has 0 radical (unpaired) electrons. The Balaban J connectivity index is 0.000000531. The van der Waals surface area contributed by atoms with E-state index in [9.17, 15) is 4.39 Å². The molecule has 1 aromatic rings. The lowest BCUT2D eigenvalue weighted by Crippen LogP contribution is -1.95. The lowest BCUT2D eigenvalue weighted by atomic mass is 10.1. The molecule has 0 bridgehead atoms. The Morgan fingerprint density at radius 1 is 1.54 bits per heavy atom. The van der Waals surface area contributed by atoms with Gasteiger partial charge in [0, 0.05) is 7.12 Å². The minimum Gasteiger partial charge on any atom is -0.345 e. The number of hydrogen-bond donors (Lipinski definition) is 1. The van der Waals surface area contributed by atoms with Crippen LogP contribution in [0, 0.1) is 6.92 Å². The summed E-state index contributed by atoms with van der Waals surface area (Å²) in [6.07, 6.45) is 3.24. The molecule has 0 saturated carbocycles. The van der Waals surface area contributed by atoms with Gasteiger partial charge in [0.25, 0.3) is 0 Å². The first-order valence-electron chi connectivity index (χ1n) is 4.69. The number of nitrogens with one attached hydrogen (secondary N) is 1. The van der Waals surface area contributed by atoms with E-state index in [1.54, 1.807) is 6.08 Å². The third-order valence-corrected chi connectivity index (χ3v) is 1.84. The summed E-state index contributed by atoms with van der Waals surface area (Å²) in [6.45, 7) is 5.84. The number of nitrogens with zero attached hydrogens (tertiary/aromatic N) is 1. The maximum atomic E-state index is 13.0. The molecule has 13 heavy (non-hydrogen) atoms. The van der Waals surface area contributed by atoms with Crippen LogP contribution in [0.4, 0.5) is 4.39 Å². The molecule has 1 aliphatic rings. The summed E-state index contributed by atoms with van der Waals surface area (Å²) in [4.78, 5) is 7.07. The standard InChI is InChI=1S/C8H9FN2.C2H6.H2/c1-5-10-7-4-2-3-6(9)8(7)11-5;1-2;/h3H,2,4H2,1H3,(H,10,11);1-2H3;1H. The monoisotopic (exact) mass is 184 g/mol. The molecule has 0 aromatic carbocycles. The van der Waals surface area contributed by atoms with E-state index in [1.807, 2.05) is 20.8 Å². The number of aryl methyl sites for hydroxylation is 2. The molecule has 0 atom stereocenters. The largest absolute Gasteiger partial charge is 0.345 e. The number of aromatic nitrogens is 2. The van der Waals surface area contributed by atoms with Gasteiger partial charge in [-0.2, -0.15) is 0 Å². The van der Waals surface area contributed by atoms with Crippen molar-refractivity contribution < 1.29 is 5.82 Å².